The third-order valence-corrected chi connectivity index (χ3v) is 3.28. The molecule has 2 aromatic rings. The molecule has 0 unspecified atom stereocenters. The Morgan fingerprint density at radius 3 is 2.65 bits per heavy atom. The second kappa shape index (κ2) is 8.04. The van der Waals surface area contributed by atoms with Crippen LogP contribution in [0.1, 0.15) is 5.56 Å². The maximum absolute atomic E-state index is 11.6. The van der Waals surface area contributed by atoms with Crippen molar-refractivity contribution in [2.24, 2.45) is 5.10 Å². The molecule has 8 heteroatoms. The van der Waals surface area contributed by atoms with Crippen LogP contribution in [0.2, 0.25) is 0 Å². The van der Waals surface area contributed by atoms with Crippen molar-refractivity contribution in [1.29, 1.82) is 0 Å². The Morgan fingerprint density at radius 2 is 2.00 bits per heavy atom. The molecule has 2 aromatic carbocycles. The van der Waals surface area contributed by atoms with E-state index >= 15 is 0 Å². The Balaban J connectivity index is 1.80. The van der Waals surface area contributed by atoms with Gasteiger partial charge in [-0.25, -0.2) is 5.43 Å². The summed E-state index contributed by atoms with van der Waals surface area (Å²) in [4.78, 5) is 21.7. The normalized spacial score (nSPS) is 10.5. The molecule has 0 aliphatic rings. The number of carbonyl (C=O) groups excluding carboxylic acids is 1. The number of carbonyl (C=O) groups is 1. The summed E-state index contributed by atoms with van der Waals surface area (Å²) in [5.74, 6) is -0.303. The molecule has 2 N–H and O–H groups in total. The van der Waals surface area contributed by atoms with Gasteiger partial charge in [0.2, 0.25) is 0 Å². The molecule has 0 fully saturated rings. The zero-order chi connectivity index (χ0) is 16.7. The van der Waals surface area contributed by atoms with Gasteiger partial charge in [0.25, 0.3) is 11.6 Å². The number of nitro benzene ring substituents is 1. The van der Waals surface area contributed by atoms with E-state index in [1.165, 1.54) is 18.3 Å². The molecule has 0 saturated carbocycles. The molecule has 0 aliphatic heterocycles. The monoisotopic (exact) mass is 376 g/mol. The summed E-state index contributed by atoms with van der Waals surface area (Å²) in [5.41, 5.74) is 3.84. The van der Waals surface area contributed by atoms with Crippen LogP contribution >= 0.6 is 15.9 Å². The number of rotatable bonds is 6. The molecular formula is C15H13BrN4O3. The van der Waals surface area contributed by atoms with Crippen LogP contribution < -0.4 is 10.7 Å². The Hall–Kier alpha value is -2.74. The summed E-state index contributed by atoms with van der Waals surface area (Å²) in [6.07, 6.45) is 1.42. The number of nitrogens with zero attached hydrogens (tertiary/aromatic N) is 2. The molecule has 0 heterocycles. The van der Waals surface area contributed by atoms with E-state index in [1.54, 1.807) is 12.1 Å². The molecule has 0 radical (unpaired) electrons. The van der Waals surface area contributed by atoms with E-state index in [0.717, 1.165) is 10.2 Å². The summed E-state index contributed by atoms with van der Waals surface area (Å²) in [6, 6.07) is 13.3. The fourth-order valence-electron chi connectivity index (χ4n) is 1.68. The number of benzene rings is 2. The molecule has 7 nitrogen and oxygen atoms in total. The number of hydrazone groups is 1. The lowest BCUT2D eigenvalue weighted by atomic mass is 10.2. The summed E-state index contributed by atoms with van der Waals surface area (Å²) >= 11 is 3.34. The summed E-state index contributed by atoms with van der Waals surface area (Å²) < 4.78 is 0.916. The number of nitrogens with one attached hydrogen (secondary N) is 2. The Kier molecular flexibility index (Phi) is 5.81. The predicted octanol–water partition coefficient (Wildman–Crippen LogP) is 2.92. The van der Waals surface area contributed by atoms with Crippen LogP contribution in [0.3, 0.4) is 0 Å². The van der Waals surface area contributed by atoms with Crippen molar-refractivity contribution in [3.63, 3.8) is 0 Å². The van der Waals surface area contributed by atoms with Gasteiger partial charge in [0.05, 0.1) is 17.7 Å². The lowest BCUT2D eigenvalue weighted by Crippen LogP contribution is -2.25. The first-order valence-electron chi connectivity index (χ1n) is 6.60. The van der Waals surface area contributed by atoms with Gasteiger partial charge in [-0.05, 0) is 35.9 Å². The molecule has 23 heavy (non-hydrogen) atoms. The van der Waals surface area contributed by atoms with Gasteiger partial charge in [-0.2, -0.15) is 5.10 Å². The second-order valence-electron chi connectivity index (χ2n) is 4.51. The fourth-order valence-corrected chi connectivity index (χ4v) is 2.08. The highest BCUT2D eigenvalue weighted by molar-refractivity contribution is 9.10. The number of amides is 1. The van der Waals surface area contributed by atoms with E-state index in [-0.39, 0.29) is 18.1 Å². The van der Waals surface area contributed by atoms with Crippen molar-refractivity contribution in [2.45, 2.75) is 0 Å². The van der Waals surface area contributed by atoms with Crippen molar-refractivity contribution in [1.82, 2.24) is 5.43 Å². The average Bonchev–Trinajstić information content (AvgIpc) is 2.53. The van der Waals surface area contributed by atoms with Gasteiger partial charge in [-0.3, -0.25) is 14.9 Å². The standard InChI is InChI=1S/C15H13BrN4O3/c16-12-2-1-3-13(8-12)17-10-15(21)19-18-9-11-4-6-14(7-5-11)20(22)23/h1-9,17H,10H2,(H,19,21)/b18-9+. The molecule has 118 valence electrons. The zero-order valence-electron chi connectivity index (χ0n) is 11.9. The third-order valence-electron chi connectivity index (χ3n) is 2.78. The minimum atomic E-state index is -0.476. The predicted molar refractivity (Wildman–Crippen MR) is 91.5 cm³/mol. The van der Waals surface area contributed by atoms with Gasteiger partial charge in [0.1, 0.15) is 0 Å². The second-order valence-corrected chi connectivity index (χ2v) is 5.42. The van der Waals surface area contributed by atoms with Crippen LogP contribution in [0.15, 0.2) is 58.1 Å². The topological polar surface area (TPSA) is 96.6 Å². The Bertz CT molecular complexity index is 732. The van der Waals surface area contributed by atoms with E-state index in [2.05, 4.69) is 31.8 Å². The average molecular weight is 377 g/mol. The first kappa shape index (κ1) is 16.6. The molecule has 2 rings (SSSR count). The first-order chi connectivity index (χ1) is 11.0. The Morgan fingerprint density at radius 1 is 1.26 bits per heavy atom. The highest BCUT2D eigenvalue weighted by atomic mass is 79.9. The van der Waals surface area contributed by atoms with Crippen molar-refractivity contribution in [3.8, 4) is 0 Å². The fraction of sp³-hybridized carbons (Fsp3) is 0.0667. The lowest BCUT2D eigenvalue weighted by molar-refractivity contribution is -0.384. The number of hydrogen-bond donors (Lipinski definition) is 2. The van der Waals surface area contributed by atoms with Crippen LogP contribution in [-0.4, -0.2) is 23.6 Å². The lowest BCUT2D eigenvalue weighted by Gasteiger charge is -2.05. The van der Waals surface area contributed by atoms with E-state index < -0.39 is 4.92 Å². The minimum absolute atomic E-state index is 0.00408. The maximum atomic E-state index is 11.6. The molecule has 1 amide bonds. The first-order valence-corrected chi connectivity index (χ1v) is 7.40. The van der Waals surface area contributed by atoms with E-state index in [4.69, 9.17) is 0 Å². The van der Waals surface area contributed by atoms with Gasteiger partial charge >= 0.3 is 0 Å². The number of non-ortho nitro benzene ring substituents is 1. The van der Waals surface area contributed by atoms with E-state index in [1.807, 2.05) is 24.3 Å². The molecule has 0 spiro atoms. The third kappa shape index (κ3) is 5.51. The smallest absolute Gasteiger partial charge is 0.269 e. The van der Waals surface area contributed by atoms with Gasteiger partial charge < -0.3 is 5.32 Å². The van der Waals surface area contributed by atoms with Gasteiger partial charge in [-0.15, -0.1) is 0 Å². The molecule has 0 atom stereocenters. The summed E-state index contributed by atoms with van der Waals surface area (Å²) in [5, 5.41) is 17.3. The van der Waals surface area contributed by atoms with Crippen LogP contribution in [-0.2, 0) is 4.79 Å². The molecular weight excluding hydrogens is 364 g/mol. The van der Waals surface area contributed by atoms with Crippen LogP contribution in [0.25, 0.3) is 0 Å². The number of halogens is 1. The SMILES string of the molecule is O=C(CNc1cccc(Br)c1)N/N=C/c1ccc([N+](=O)[O-])cc1. The van der Waals surface area contributed by atoms with Crippen molar-refractivity contribution >= 4 is 39.4 Å². The minimum Gasteiger partial charge on any atom is -0.376 e. The van der Waals surface area contributed by atoms with Crippen molar-refractivity contribution in [2.75, 3.05) is 11.9 Å². The zero-order valence-corrected chi connectivity index (χ0v) is 13.5. The quantitative estimate of drug-likeness (QED) is 0.460. The van der Waals surface area contributed by atoms with Gasteiger partial charge in [-0.1, -0.05) is 22.0 Å². The van der Waals surface area contributed by atoms with Crippen LogP contribution in [0, 0.1) is 10.1 Å². The molecule has 0 aliphatic carbocycles. The van der Waals surface area contributed by atoms with Gasteiger partial charge in [0.15, 0.2) is 0 Å². The van der Waals surface area contributed by atoms with Gasteiger partial charge in [0, 0.05) is 22.3 Å². The number of hydrogen-bond acceptors (Lipinski definition) is 5. The highest BCUT2D eigenvalue weighted by Gasteiger charge is 2.03. The summed E-state index contributed by atoms with van der Waals surface area (Å²) in [6.45, 7) is 0.0774. The highest BCUT2D eigenvalue weighted by Crippen LogP contribution is 2.15. The largest absolute Gasteiger partial charge is 0.376 e. The van der Waals surface area contributed by atoms with Crippen molar-refractivity contribution < 1.29 is 9.72 Å². The molecule has 0 bridgehead atoms. The summed E-state index contributed by atoms with van der Waals surface area (Å²) in [7, 11) is 0. The maximum Gasteiger partial charge on any atom is 0.269 e. The van der Waals surface area contributed by atoms with E-state index in [0.29, 0.717) is 5.56 Å². The van der Waals surface area contributed by atoms with Crippen LogP contribution in [0.4, 0.5) is 11.4 Å². The number of anilines is 1. The molecule has 0 aromatic heterocycles. The Labute approximate surface area is 140 Å². The van der Waals surface area contributed by atoms with Crippen molar-refractivity contribution in [3.05, 3.63) is 68.7 Å². The molecule has 0 saturated heterocycles. The van der Waals surface area contributed by atoms with Crippen LogP contribution in [0.5, 0.6) is 0 Å². The number of nitro groups is 1. The van der Waals surface area contributed by atoms with E-state index in [9.17, 15) is 14.9 Å².